The number of carbonyl (C=O) groups is 1. The summed E-state index contributed by atoms with van der Waals surface area (Å²) in [6.07, 6.45) is 8.61. The monoisotopic (exact) mass is 346 g/mol. The maximum Gasteiger partial charge on any atom is 0.320 e. The standard InChI is InChI=1S/C18H26N4O3/c1-13-10-20-22(15-5-2-3-6-15)17(13)21-18(24)19-11-14(12-23)9-16-7-4-8-25-16/h4,7-8,10,14-15,23H,2-3,5-6,9,11-12H2,1H3,(H2,19,21,24). The molecule has 1 aliphatic carbocycles. The molecular weight excluding hydrogens is 320 g/mol. The van der Waals surface area contributed by atoms with E-state index in [1.807, 2.05) is 23.7 Å². The number of aryl methyl sites for hydroxylation is 1. The number of aromatic nitrogens is 2. The van der Waals surface area contributed by atoms with Crippen molar-refractivity contribution in [1.82, 2.24) is 15.1 Å². The number of aliphatic hydroxyl groups excluding tert-OH is 1. The van der Waals surface area contributed by atoms with Crippen molar-refractivity contribution in [3.8, 4) is 0 Å². The first-order valence-electron chi connectivity index (χ1n) is 8.89. The van der Waals surface area contributed by atoms with Gasteiger partial charge in [0.1, 0.15) is 11.6 Å². The maximum absolute atomic E-state index is 12.3. The summed E-state index contributed by atoms with van der Waals surface area (Å²) in [6.45, 7) is 2.31. The van der Waals surface area contributed by atoms with Gasteiger partial charge in [0.15, 0.2) is 0 Å². The minimum atomic E-state index is -0.277. The lowest BCUT2D eigenvalue weighted by Gasteiger charge is -2.17. The summed E-state index contributed by atoms with van der Waals surface area (Å²) in [4.78, 5) is 12.3. The van der Waals surface area contributed by atoms with Gasteiger partial charge in [-0.25, -0.2) is 9.48 Å². The molecule has 136 valence electrons. The molecule has 2 amide bonds. The summed E-state index contributed by atoms with van der Waals surface area (Å²) < 4.78 is 7.23. The molecule has 1 aliphatic rings. The lowest BCUT2D eigenvalue weighted by Crippen LogP contribution is -2.35. The third-order valence-corrected chi connectivity index (χ3v) is 4.76. The molecule has 1 atom stereocenters. The Kier molecular flexibility index (Phi) is 5.75. The molecule has 0 spiro atoms. The number of urea groups is 1. The first kappa shape index (κ1) is 17.5. The van der Waals surface area contributed by atoms with Crippen molar-refractivity contribution < 1.29 is 14.3 Å². The Bertz CT molecular complexity index is 675. The quantitative estimate of drug-likeness (QED) is 0.719. The van der Waals surface area contributed by atoms with Crippen LogP contribution in [0.4, 0.5) is 10.6 Å². The number of hydrogen-bond acceptors (Lipinski definition) is 4. The minimum Gasteiger partial charge on any atom is -0.469 e. The van der Waals surface area contributed by atoms with Crippen LogP contribution >= 0.6 is 0 Å². The van der Waals surface area contributed by atoms with Crippen LogP contribution in [0.2, 0.25) is 0 Å². The van der Waals surface area contributed by atoms with Gasteiger partial charge in [-0.15, -0.1) is 0 Å². The first-order valence-corrected chi connectivity index (χ1v) is 8.89. The third-order valence-electron chi connectivity index (χ3n) is 4.76. The van der Waals surface area contributed by atoms with Gasteiger partial charge in [0, 0.05) is 31.1 Å². The fourth-order valence-corrected chi connectivity index (χ4v) is 3.33. The van der Waals surface area contributed by atoms with Gasteiger partial charge in [0.2, 0.25) is 0 Å². The molecule has 0 aromatic carbocycles. The largest absolute Gasteiger partial charge is 0.469 e. The Morgan fingerprint density at radius 1 is 1.48 bits per heavy atom. The van der Waals surface area contributed by atoms with E-state index >= 15 is 0 Å². The van der Waals surface area contributed by atoms with Crippen molar-refractivity contribution >= 4 is 11.8 Å². The number of nitrogens with zero attached hydrogens (tertiary/aromatic N) is 2. The zero-order valence-electron chi connectivity index (χ0n) is 14.6. The minimum absolute atomic E-state index is 0.0139. The van der Waals surface area contributed by atoms with Crippen molar-refractivity contribution in [2.45, 2.75) is 45.1 Å². The van der Waals surface area contributed by atoms with E-state index < -0.39 is 0 Å². The van der Waals surface area contributed by atoms with Gasteiger partial charge in [0.05, 0.1) is 18.5 Å². The van der Waals surface area contributed by atoms with Gasteiger partial charge in [-0.1, -0.05) is 12.8 Å². The second kappa shape index (κ2) is 8.20. The maximum atomic E-state index is 12.3. The average Bonchev–Trinajstić information content (AvgIpc) is 3.35. The van der Waals surface area contributed by atoms with Crippen molar-refractivity contribution in [3.05, 3.63) is 35.9 Å². The van der Waals surface area contributed by atoms with Crippen molar-refractivity contribution in [2.24, 2.45) is 5.92 Å². The van der Waals surface area contributed by atoms with E-state index in [0.29, 0.717) is 19.0 Å². The van der Waals surface area contributed by atoms with Crippen LogP contribution in [0.3, 0.4) is 0 Å². The normalized spacial score (nSPS) is 16.1. The number of hydrogen-bond donors (Lipinski definition) is 3. The number of nitrogens with one attached hydrogen (secondary N) is 2. The molecule has 2 heterocycles. The molecule has 2 aromatic rings. The van der Waals surface area contributed by atoms with E-state index in [0.717, 1.165) is 30.0 Å². The number of furan rings is 1. The molecule has 1 saturated carbocycles. The van der Waals surface area contributed by atoms with E-state index in [-0.39, 0.29) is 18.6 Å². The van der Waals surface area contributed by atoms with Gasteiger partial charge in [-0.05, 0) is 31.9 Å². The molecule has 1 unspecified atom stereocenters. The second-order valence-electron chi connectivity index (χ2n) is 6.73. The number of amides is 2. The molecule has 3 rings (SSSR count). The Morgan fingerprint density at radius 2 is 2.28 bits per heavy atom. The van der Waals surface area contributed by atoms with Gasteiger partial charge < -0.3 is 14.8 Å². The van der Waals surface area contributed by atoms with Crippen LogP contribution in [0.1, 0.15) is 43.0 Å². The zero-order chi connectivity index (χ0) is 17.6. The number of carbonyl (C=O) groups excluding carboxylic acids is 1. The first-order chi connectivity index (χ1) is 12.2. The highest BCUT2D eigenvalue weighted by atomic mass is 16.3. The molecule has 0 radical (unpaired) electrons. The predicted octanol–water partition coefficient (Wildman–Crippen LogP) is 2.87. The average molecular weight is 346 g/mol. The van der Waals surface area contributed by atoms with Crippen molar-refractivity contribution in [2.75, 3.05) is 18.5 Å². The Labute approximate surface area is 147 Å². The molecule has 7 nitrogen and oxygen atoms in total. The van der Waals surface area contributed by atoms with Gasteiger partial charge in [-0.3, -0.25) is 5.32 Å². The van der Waals surface area contributed by atoms with Crippen molar-refractivity contribution in [1.29, 1.82) is 0 Å². The molecule has 1 fully saturated rings. The van der Waals surface area contributed by atoms with Gasteiger partial charge >= 0.3 is 6.03 Å². The Hall–Kier alpha value is -2.28. The summed E-state index contributed by atoms with van der Waals surface area (Å²) >= 11 is 0. The topological polar surface area (TPSA) is 92.3 Å². The van der Waals surface area contributed by atoms with Crippen LogP contribution in [0, 0.1) is 12.8 Å². The van der Waals surface area contributed by atoms with Crippen LogP contribution in [-0.4, -0.2) is 34.1 Å². The Balaban J connectivity index is 1.54. The highest BCUT2D eigenvalue weighted by Gasteiger charge is 2.22. The third kappa shape index (κ3) is 4.42. The fraction of sp³-hybridized carbons (Fsp3) is 0.556. The molecule has 0 bridgehead atoms. The van der Waals surface area contributed by atoms with Gasteiger partial charge in [0.25, 0.3) is 0 Å². The zero-order valence-corrected chi connectivity index (χ0v) is 14.6. The number of anilines is 1. The molecule has 0 aliphatic heterocycles. The molecule has 25 heavy (non-hydrogen) atoms. The summed E-state index contributed by atoms with van der Waals surface area (Å²) in [5.41, 5.74) is 0.955. The van der Waals surface area contributed by atoms with Crippen LogP contribution in [0.25, 0.3) is 0 Å². The predicted molar refractivity (Wildman–Crippen MR) is 94.5 cm³/mol. The SMILES string of the molecule is Cc1cnn(C2CCCC2)c1NC(=O)NCC(CO)Cc1ccco1. The van der Waals surface area contributed by atoms with Crippen LogP contribution < -0.4 is 10.6 Å². The molecule has 3 N–H and O–H groups in total. The van der Waals surface area contributed by atoms with E-state index in [2.05, 4.69) is 15.7 Å². The lowest BCUT2D eigenvalue weighted by molar-refractivity contribution is 0.213. The van der Waals surface area contributed by atoms with E-state index in [1.54, 1.807) is 12.5 Å². The van der Waals surface area contributed by atoms with E-state index in [9.17, 15) is 9.90 Å². The molecule has 0 saturated heterocycles. The van der Waals surface area contributed by atoms with Crippen LogP contribution in [0.15, 0.2) is 29.0 Å². The smallest absolute Gasteiger partial charge is 0.320 e. The number of rotatable bonds is 7. The fourth-order valence-electron chi connectivity index (χ4n) is 3.33. The van der Waals surface area contributed by atoms with Crippen LogP contribution in [0.5, 0.6) is 0 Å². The summed E-state index contributed by atoms with van der Waals surface area (Å²) in [5.74, 6) is 1.48. The second-order valence-corrected chi connectivity index (χ2v) is 6.73. The number of aliphatic hydroxyl groups is 1. The summed E-state index contributed by atoms with van der Waals surface area (Å²) in [6, 6.07) is 3.78. The summed E-state index contributed by atoms with van der Waals surface area (Å²) in [5, 5.41) is 19.7. The highest BCUT2D eigenvalue weighted by molar-refractivity contribution is 5.89. The van der Waals surface area contributed by atoms with E-state index in [1.165, 1.54) is 12.8 Å². The highest BCUT2D eigenvalue weighted by Crippen LogP contribution is 2.32. The molecule has 7 heteroatoms. The van der Waals surface area contributed by atoms with Crippen molar-refractivity contribution in [3.63, 3.8) is 0 Å². The Morgan fingerprint density at radius 3 is 2.96 bits per heavy atom. The van der Waals surface area contributed by atoms with Crippen LogP contribution in [-0.2, 0) is 6.42 Å². The van der Waals surface area contributed by atoms with E-state index in [4.69, 9.17) is 4.42 Å². The summed E-state index contributed by atoms with van der Waals surface area (Å²) in [7, 11) is 0. The van der Waals surface area contributed by atoms with Gasteiger partial charge in [-0.2, -0.15) is 5.10 Å². The molecule has 2 aromatic heterocycles. The lowest BCUT2D eigenvalue weighted by atomic mass is 10.1. The molecular formula is C18H26N4O3.